The highest BCUT2D eigenvalue weighted by molar-refractivity contribution is 6.05. The maximum Gasteiger partial charge on any atom is 0.255 e. The number of nitrogens with one attached hydrogen (secondary N) is 1. The molecule has 3 aliphatic rings. The van der Waals surface area contributed by atoms with Crippen molar-refractivity contribution in [3.8, 4) is 0 Å². The van der Waals surface area contributed by atoms with Crippen molar-refractivity contribution in [2.24, 2.45) is 0 Å². The number of fused-ring (bicyclic) bond motifs is 1. The molecule has 0 bridgehead atoms. The van der Waals surface area contributed by atoms with Gasteiger partial charge in [-0.3, -0.25) is 24.4 Å². The van der Waals surface area contributed by atoms with Gasteiger partial charge in [0.25, 0.3) is 5.91 Å². The number of nitrogens with zero attached hydrogens (tertiary/aromatic N) is 4. The molecule has 1 aromatic heterocycles. The summed E-state index contributed by atoms with van der Waals surface area (Å²) in [5.74, 6) is -0.237. The molecule has 0 spiro atoms. The highest BCUT2D eigenvalue weighted by atomic mass is 16.2. The van der Waals surface area contributed by atoms with Crippen molar-refractivity contribution >= 4 is 17.7 Å². The number of carbonyl (C=O) groups is 3. The van der Waals surface area contributed by atoms with E-state index in [4.69, 9.17) is 0 Å². The van der Waals surface area contributed by atoms with Gasteiger partial charge in [-0.25, -0.2) is 0 Å². The summed E-state index contributed by atoms with van der Waals surface area (Å²) in [4.78, 5) is 40.6. The van der Waals surface area contributed by atoms with Crippen LogP contribution in [0.3, 0.4) is 0 Å². The lowest BCUT2D eigenvalue weighted by Crippen LogP contribution is -2.52. The quantitative estimate of drug-likeness (QED) is 0.740. The van der Waals surface area contributed by atoms with E-state index in [0.29, 0.717) is 24.4 Å². The van der Waals surface area contributed by atoms with Crippen LogP contribution >= 0.6 is 0 Å². The monoisotopic (exact) mass is 421 g/mol. The van der Waals surface area contributed by atoms with Crippen molar-refractivity contribution in [3.05, 3.63) is 53.3 Å². The molecule has 8 nitrogen and oxygen atoms in total. The Morgan fingerprint density at radius 2 is 1.90 bits per heavy atom. The summed E-state index contributed by atoms with van der Waals surface area (Å²) in [5.41, 5.74) is 2.96. The third-order valence-electron chi connectivity index (χ3n) is 6.81. The Hall–Kier alpha value is -3.00. The normalized spacial score (nSPS) is 22.6. The zero-order valence-electron chi connectivity index (χ0n) is 17.5. The van der Waals surface area contributed by atoms with E-state index in [1.54, 1.807) is 4.90 Å². The zero-order valence-corrected chi connectivity index (χ0v) is 17.5. The molecule has 4 heterocycles. The summed E-state index contributed by atoms with van der Waals surface area (Å²) in [6, 6.07) is 7.55. The Balaban J connectivity index is 1.21. The third kappa shape index (κ3) is 3.99. The first-order valence-electron chi connectivity index (χ1n) is 11.1. The summed E-state index contributed by atoms with van der Waals surface area (Å²) in [5, 5.41) is 6.63. The lowest BCUT2D eigenvalue weighted by atomic mass is 9.88. The average Bonchev–Trinajstić information content (AvgIpc) is 3.41. The highest BCUT2D eigenvalue weighted by Gasteiger charge is 2.39. The number of hydrogen-bond donors (Lipinski definition) is 1. The van der Waals surface area contributed by atoms with Crippen molar-refractivity contribution in [2.75, 3.05) is 19.6 Å². The van der Waals surface area contributed by atoms with Crippen molar-refractivity contribution in [2.45, 2.75) is 50.7 Å². The van der Waals surface area contributed by atoms with Crippen molar-refractivity contribution < 1.29 is 14.4 Å². The van der Waals surface area contributed by atoms with Gasteiger partial charge in [0, 0.05) is 37.5 Å². The molecule has 0 saturated carbocycles. The summed E-state index contributed by atoms with van der Waals surface area (Å²) in [6.45, 7) is 4.48. The Morgan fingerprint density at radius 3 is 2.65 bits per heavy atom. The van der Waals surface area contributed by atoms with Crippen LogP contribution in [0.1, 0.15) is 53.1 Å². The Labute approximate surface area is 181 Å². The second-order valence-electron chi connectivity index (χ2n) is 8.70. The first-order valence-corrected chi connectivity index (χ1v) is 11.1. The van der Waals surface area contributed by atoms with Crippen LogP contribution in [0.4, 0.5) is 0 Å². The predicted molar refractivity (Wildman–Crippen MR) is 113 cm³/mol. The standard InChI is InChI=1S/C23H27N5O3/c29-21-5-4-20(22(30)25-21)28-15-18-14-17(2-3-19(18)23(28)31)16-6-10-26(11-7-16)12-13-27-9-1-8-24-27/h1-3,8-9,14,16,20H,4-7,10-13,15H2,(H,25,29,30). The van der Waals surface area contributed by atoms with E-state index in [0.717, 1.165) is 44.6 Å². The van der Waals surface area contributed by atoms with Crippen LogP contribution in [0.2, 0.25) is 0 Å². The van der Waals surface area contributed by atoms with Crippen molar-refractivity contribution in [1.82, 2.24) is 24.9 Å². The smallest absolute Gasteiger partial charge is 0.255 e. The molecule has 1 aromatic carbocycles. The second kappa shape index (κ2) is 8.26. The van der Waals surface area contributed by atoms with Gasteiger partial charge in [0.05, 0.1) is 6.54 Å². The van der Waals surface area contributed by atoms with E-state index < -0.39 is 6.04 Å². The molecule has 1 unspecified atom stereocenters. The Bertz CT molecular complexity index is 995. The molecule has 31 heavy (non-hydrogen) atoms. The van der Waals surface area contributed by atoms with E-state index in [2.05, 4.69) is 27.4 Å². The van der Waals surface area contributed by atoms with Crippen LogP contribution in [-0.4, -0.2) is 63.0 Å². The topological polar surface area (TPSA) is 87.5 Å². The molecule has 162 valence electrons. The Kier molecular flexibility index (Phi) is 5.31. The third-order valence-corrected chi connectivity index (χ3v) is 6.81. The average molecular weight is 422 g/mol. The summed E-state index contributed by atoms with van der Waals surface area (Å²) < 4.78 is 1.97. The number of amides is 3. The zero-order chi connectivity index (χ0) is 21.4. The van der Waals surface area contributed by atoms with Gasteiger partial charge >= 0.3 is 0 Å². The fourth-order valence-electron chi connectivity index (χ4n) is 5.01. The maximum atomic E-state index is 12.9. The minimum atomic E-state index is -0.556. The minimum absolute atomic E-state index is 0.107. The van der Waals surface area contributed by atoms with Crippen molar-refractivity contribution in [1.29, 1.82) is 0 Å². The van der Waals surface area contributed by atoms with E-state index in [1.807, 2.05) is 29.2 Å². The molecule has 1 atom stereocenters. The molecule has 2 fully saturated rings. The van der Waals surface area contributed by atoms with Crippen LogP contribution in [0.5, 0.6) is 0 Å². The molecular weight excluding hydrogens is 394 g/mol. The Morgan fingerprint density at radius 1 is 1.06 bits per heavy atom. The maximum absolute atomic E-state index is 12.9. The highest BCUT2D eigenvalue weighted by Crippen LogP contribution is 2.33. The fourth-order valence-corrected chi connectivity index (χ4v) is 5.01. The number of hydrogen-bond acceptors (Lipinski definition) is 5. The molecule has 5 rings (SSSR count). The minimum Gasteiger partial charge on any atom is -0.322 e. The lowest BCUT2D eigenvalue weighted by Gasteiger charge is -2.32. The van der Waals surface area contributed by atoms with Crippen LogP contribution in [0.15, 0.2) is 36.7 Å². The molecule has 2 aromatic rings. The van der Waals surface area contributed by atoms with Gasteiger partial charge in [-0.2, -0.15) is 5.10 Å². The molecule has 3 aliphatic heterocycles. The van der Waals surface area contributed by atoms with Crippen LogP contribution in [-0.2, 0) is 22.7 Å². The second-order valence-corrected chi connectivity index (χ2v) is 8.70. The first kappa shape index (κ1) is 19.9. The molecule has 1 N–H and O–H groups in total. The first-order chi connectivity index (χ1) is 15.1. The molecule has 3 amide bonds. The molecule has 2 saturated heterocycles. The fraction of sp³-hybridized carbons (Fsp3) is 0.478. The van der Waals surface area contributed by atoms with Gasteiger partial charge in [-0.05, 0) is 61.5 Å². The summed E-state index contributed by atoms with van der Waals surface area (Å²) >= 11 is 0. The molecular formula is C23H27N5O3. The van der Waals surface area contributed by atoms with Gasteiger partial charge < -0.3 is 9.80 Å². The largest absolute Gasteiger partial charge is 0.322 e. The lowest BCUT2D eigenvalue weighted by molar-refractivity contribution is -0.136. The number of piperidine rings is 2. The molecule has 0 radical (unpaired) electrons. The van der Waals surface area contributed by atoms with E-state index >= 15 is 0 Å². The van der Waals surface area contributed by atoms with Gasteiger partial charge in [-0.15, -0.1) is 0 Å². The molecule has 0 aliphatic carbocycles. The van der Waals surface area contributed by atoms with Gasteiger partial charge in [0.2, 0.25) is 11.8 Å². The summed E-state index contributed by atoms with van der Waals surface area (Å²) in [6.07, 6.45) is 6.68. The number of benzene rings is 1. The SMILES string of the molecule is O=C1CCC(N2Cc3cc(C4CCN(CCn5cccn5)CC4)ccc3C2=O)C(=O)N1. The van der Waals surface area contributed by atoms with E-state index in [-0.39, 0.29) is 24.1 Å². The van der Waals surface area contributed by atoms with Gasteiger partial charge in [0.1, 0.15) is 6.04 Å². The number of aromatic nitrogens is 2. The number of imide groups is 1. The number of carbonyl (C=O) groups excluding carboxylic acids is 3. The number of likely N-dealkylation sites (tertiary alicyclic amines) is 1. The number of rotatable bonds is 5. The summed E-state index contributed by atoms with van der Waals surface area (Å²) in [7, 11) is 0. The van der Waals surface area contributed by atoms with Crippen LogP contribution in [0, 0.1) is 0 Å². The predicted octanol–water partition coefficient (Wildman–Crippen LogP) is 1.52. The van der Waals surface area contributed by atoms with Crippen molar-refractivity contribution in [3.63, 3.8) is 0 Å². The van der Waals surface area contributed by atoms with Gasteiger partial charge in [0.15, 0.2) is 0 Å². The van der Waals surface area contributed by atoms with E-state index in [1.165, 1.54) is 5.56 Å². The van der Waals surface area contributed by atoms with Crippen LogP contribution < -0.4 is 5.32 Å². The van der Waals surface area contributed by atoms with Gasteiger partial charge in [-0.1, -0.05) is 12.1 Å². The van der Waals surface area contributed by atoms with E-state index in [9.17, 15) is 14.4 Å². The molecule has 8 heteroatoms. The van der Waals surface area contributed by atoms with Crippen LogP contribution in [0.25, 0.3) is 0 Å².